The van der Waals surface area contributed by atoms with Crippen molar-refractivity contribution in [1.82, 2.24) is 20.5 Å². The summed E-state index contributed by atoms with van der Waals surface area (Å²) >= 11 is 0. The van der Waals surface area contributed by atoms with Gasteiger partial charge in [-0.25, -0.2) is 4.98 Å². The summed E-state index contributed by atoms with van der Waals surface area (Å²) in [6.45, 7) is 2.16. The van der Waals surface area contributed by atoms with Crippen molar-refractivity contribution < 1.29 is 9.53 Å². The maximum absolute atomic E-state index is 11.9. The number of aromatic nitrogens is 3. The van der Waals surface area contributed by atoms with Crippen LogP contribution in [0.4, 0.5) is 0 Å². The van der Waals surface area contributed by atoms with Crippen LogP contribution in [0.3, 0.4) is 0 Å². The Kier molecular flexibility index (Phi) is 5.32. The zero-order valence-electron chi connectivity index (χ0n) is 11.4. The van der Waals surface area contributed by atoms with Gasteiger partial charge in [0.05, 0.1) is 12.6 Å². The third kappa shape index (κ3) is 4.63. The third-order valence-electron chi connectivity index (χ3n) is 3.46. The van der Waals surface area contributed by atoms with Gasteiger partial charge < -0.3 is 10.1 Å². The van der Waals surface area contributed by atoms with Crippen molar-refractivity contribution >= 4 is 5.91 Å². The number of ether oxygens (including phenoxy) is 1. The van der Waals surface area contributed by atoms with Gasteiger partial charge in [0.25, 0.3) is 0 Å². The smallest absolute Gasteiger partial charge is 0.249 e. The van der Waals surface area contributed by atoms with Gasteiger partial charge in [0.2, 0.25) is 5.91 Å². The fourth-order valence-corrected chi connectivity index (χ4v) is 2.36. The van der Waals surface area contributed by atoms with Gasteiger partial charge in [-0.2, -0.15) is 5.10 Å². The highest BCUT2D eigenvalue weighted by atomic mass is 16.5. The number of hydrogen-bond donors (Lipinski definition) is 2. The highest BCUT2D eigenvalue weighted by Gasteiger charge is 2.20. The fraction of sp³-hybridized carbons (Fsp3) is 0.769. The van der Waals surface area contributed by atoms with Crippen molar-refractivity contribution in [2.24, 2.45) is 0 Å². The molecule has 1 aromatic rings. The molecule has 2 N–H and O–H groups in total. The number of rotatable bonds is 5. The molecule has 1 aliphatic rings. The highest BCUT2D eigenvalue weighted by Crippen LogP contribution is 2.20. The highest BCUT2D eigenvalue weighted by molar-refractivity contribution is 5.80. The van der Waals surface area contributed by atoms with E-state index in [1.54, 1.807) is 6.92 Å². The van der Waals surface area contributed by atoms with Crippen LogP contribution in [-0.2, 0) is 16.1 Å². The molecule has 1 aliphatic carbocycles. The Morgan fingerprint density at radius 1 is 1.47 bits per heavy atom. The van der Waals surface area contributed by atoms with Crippen LogP contribution in [0.2, 0.25) is 0 Å². The van der Waals surface area contributed by atoms with Gasteiger partial charge in [0.15, 0.2) is 0 Å². The Morgan fingerprint density at radius 2 is 2.21 bits per heavy atom. The van der Waals surface area contributed by atoms with Crippen LogP contribution < -0.4 is 5.32 Å². The number of carbonyl (C=O) groups excluding carboxylic acids is 1. The lowest BCUT2D eigenvalue weighted by molar-refractivity contribution is -0.136. The molecule has 1 fully saturated rings. The monoisotopic (exact) mass is 266 g/mol. The van der Waals surface area contributed by atoms with Gasteiger partial charge in [0, 0.05) is 0 Å². The second-order valence-corrected chi connectivity index (χ2v) is 5.04. The van der Waals surface area contributed by atoms with Crippen molar-refractivity contribution in [2.75, 3.05) is 0 Å². The Hall–Kier alpha value is -1.43. The molecule has 0 spiro atoms. The zero-order valence-corrected chi connectivity index (χ0v) is 11.4. The number of nitrogens with zero attached hydrogens (tertiary/aromatic N) is 2. The first kappa shape index (κ1) is 14.0. The summed E-state index contributed by atoms with van der Waals surface area (Å²) < 4.78 is 5.84. The Morgan fingerprint density at radius 3 is 2.84 bits per heavy atom. The van der Waals surface area contributed by atoms with E-state index in [1.807, 2.05) is 0 Å². The fourth-order valence-electron chi connectivity index (χ4n) is 2.36. The van der Waals surface area contributed by atoms with E-state index < -0.39 is 6.10 Å². The second kappa shape index (κ2) is 7.23. The summed E-state index contributed by atoms with van der Waals surface area (Å²) in [5.41, 5.74) is 0. The molecule has 1 atom stereocenters. The van der Waals surface area contributed by atoms with E-state index in [0.717, 1.165) is 12.8 Å². The van der Waals surface area contributed by atoms with Crippen LogP contribution in [0, 0.1) is 0 Å². The molecule has 1 amide bonds. The normalized spacial score (nSPS) is 18.8. The van der Waals surface area contributed by atoms with Gasteiger partial charge >= 0.3 is 0 Å². The molecule has 0 aromatic carbocycles. The third-order valence-corrected chi connectivity index (χ3v) is 3.46. The molecular formula is C13H22N4O2. The number of aromatic amines is 1. The first-order valence-electron chi connectivity index (χ1n) is 7.03. The van der Waals surface area contributed by atoms with Gasteiger partial charge in [-0.1, -0.05) is 25.7 Å². The Balaban J connectivity index is 1.72. The molecule has 0 unspecified atom stereocenters. The predicted molar refractivity (Wildman–Crippen MR) is 70.3 cm³/mol. The summed E-state index contributed by atoms with van der Waals surface area (Å²) in [7, 11) is 0. The molecule has 6 nitrogen and oxygen atoms in total. The SMILES string of the molecule is C[C@H](OC1CCCCCC1)C(=O)NCc1ncn[nH]1. The topological polar surface area (TPSA) is 79.9 Å². The standard InChI is InChI=1S/C13H22N4O2/c1-10(19-11-6-4-2-3-5-7-11)13(18)14-8-12-15-9-16-17-12/h9-11H,2-8H2,1H3,(H,14,18)(H,15,16,17)/t10-/m0/s1. The molecule has 0 saturated heterocycles. The van der Waals surface area contributed by atoms with Gasteiger partial charge in [-0.15, -0.1) is 0 Å². The van der Waals surface area contributed by atoms with E-state index in [2.05, 4.69) is 20.5 Å². The van der Waals surface area contributed by atoms with E-state index >= 15 is 0 Å². The molecule has 2 rings (SSSR count). The molecule has 19 heavy (non-hydrogen) atoms. The number of H-pyrrole nitrogens is 1. The van der Waals surface area contributed by atoms with Crippen molar-refractivity contribution in [1.29, 1.82) is 0 Å². The lowest BCUT2D eigenvalue weighted by Crippen LogP contribution is -2.36. The van der Waals surface area contributed by atoms with E-state index in [1.165, 1.54) is 32.0 Å². The quantitative estimate of drug-likeness (QED) is 0.792. The molecule has 1 aromatic heterocycles. The molecule has 1 heterocycles. The molecule has 6 heteroatoms. The van der Waals surface area contributed by atoms with Crippen LogP contribution in [-0.4, -0.2) is 33.3 Å². The van der Waals surface area contributed by atoms with Crippen LogP contribution in [0.5, 0.6) is 0 Å². The minimum Gasteiger partial charge on any atom is -0.365 e. The molecule has 106 valence electrons. The van der Waals surface area contributed by atoms with Crippen LogP contribution in [0.15, 0.2) is 6.33 Å². The number of carbonyl (C=O) groups is 1. The number of nitrogens with one attached hydrogen (secondary N) is 2. The second-order valence-electron chi connectivity index (χ2n) is 5.04. The number of hydrogen-bond acceptors (Lipinski definition) is 4. The molecule has 0 radical (unpaired) electrons. The predicted octanol–water partition coefficient (Wildman–Crippen LogP) is 1.55. The summed E-state index contributed by atoms with van der Waals surface area (Å²) in [4.78, 5) is 15.9. The largest absolute Gasteiger partial charge is 0.365 e. The van der Waals surface area contributed by atoms with Crippen LogP contribution in [0.1, 0.15) is 51.3 Å². The average molecular weight is 266 g/mol. The van der Waals surface area contributed by atoms with Crippen LogP contribution in [0.25, 0.3) is 0 Å². The first-order chi connectivity index (χ1) is 9.25. The lowest BCUT2D eigenvalue weighted by atomic mass is 10.1. The van der Waals surface area contributed by atoms with Crippen LogP contribution >= 0.6 is 0 Å². The van der Waals surface area contributed by atoms with Gasteiger partial charge in [-0.3, -0.25) is 9.89 Å². The van der Waals surface area contributed by atoms with Gasteiger partial charge in [0.1, 0.15) is 18.3 Å². The van der Waals surface area contributed by atoms with E-state index in [9.17, 15) is 4.79 Å². The van der Waals surface area contributed by atoms with Crippen molar-refractivity contribution in [3.05, 3.63) is 12.2 Å². The van der Waals surface area contributed by atoms with E-state index in [4.69, 9.17) is 4.74 Å². The molecular weight excluding hydrogens is 244 g/mol. The lowest BCUT2D eigenvalue weighted by Gasteiger charge is -2.20. The minimum atomic E-state index is -0.411. The van der Waals surface area contributed by atoms with E-state index in [0.29, 0.717) is 12.4 Å². The molecule has 0 aliphatic heterocycles. The van der Waals surface area contributed by atoms with Crippen molar-refractivity contribution in [3.63, 3.8) is 0 Å². The maximum atomic E-state index is 11.9. The van der Waals surface area contributed by atoms with E-state index in [-0.39, 0.29) is 12.0 Å². The average Bonchev–Trinajstić information content (AvgIpc) is 2.80. The Labute approximate surface area is 113 Å². The minimum absolute atomic E-state index is 0.0966. The maximum Gasteiger partial charge on any atom is 0.249 e. The molecule has 0 bridgehead atoms. The summed E-state index contributed by atoms with van der Waals surface area (Å²) in [6.07, 6.45) is 8.36. The summed E-state index contributed by atoms with van der Waals surface area (Å²) in [5.74, 6) is 0.552. The zero-order chi connectivity index (χ0) is 13.5. The summed E-state index contributed by atoms with van der Waals surface area (Å²) in [5, 5.41) is 9.23. The first-order valence-corrected chi connectivity index (χ1v) is 7.03. The Bertz CT molecular complexity index is 372. The van der Waals surface area contributed by atoms with Gasteiger partial charge in [-0.05, 0) is 19.8 Å². The number of amides is 1. The summed E-state index contributed by atoms with van der Waals surface area (Å²) in [6, 6.07) is 0. The molecule has 1 saturated carbocycles. The van der Waals surface area contributed by atoms with Crippen molar-refractivity contribution in [3.8, 4) is 0 Å². The van der Waals surface area contributed by atoms with Crippen molar-refractivity contribution in [2.45, 2.75) is 64.2 Å².